The minimum Gasteiger partial charge on any atom is -0.341 e. The third kappa shape index (κ3) is 2.17. The molecule has 0 saturated carbocycles. The van der Waals surface area contributed by atoms with E-state index in [4.69, 9.17) is 11.6 Å². The normalized spacial score (nSPS) is 10.9. The van der Waals surface area contributed by atoms with E-state index in [9.17, 15) is 0 Å². The first-order chi connectivity index (χ1) is 8.31. The number of nitrogens with zero attached hydrogens (tertiary/aromatic N) is 1. The van der Waals surface area contributed by atoms with Crippen LogP contribution >= 0.6 is 11.6 Å². The zero-order valence-electron chi connectivity index (χ0n) is 9.07. The van der Waals surface area contributed by atoms with Crippen molar-refractivity contribution in [2.75, 3.05) is 0 Å². The molecule has 0 unspecified atom stereocenters. The van der Waals surface area contributed by atoms with E-state index in [1.165, 1.54) is 5.56 Å². The number of rotatable bonds is 2. The molecule has 0 bridgehead atoms. The number of nitrogens with one attached hydrogen (secondary N) is 1. The minimum absolute atomic E-state index is 0.756. The molecule has 3 heteroatoms. The van der Waals surface area contributed by atoms with Crippen LogP contribution in [0, 0.1) is 6.07 Å². The number of benzene rings is 2. The fourth-order valence-electron chi connectivity index (χ4n) is 1.82. The second kappa shape index (κ2) is 4.22. The summed E-state index contributed by atoms with van der Waals surface area (Å²) in [6, 6.07) is 16.7. The molecule has 0 spiro atoms. The number of para-hydroxylation sites is 1. The number of hydrogen-bond acceptors (Lipinski definition) is 1. The summed E-state index contributed by atoms with van der Waals surface area (Å²) in [7, 11) is 0. The number of aromatic amines is 1. The Labute approximate surface area is 104 Å². The van der Waals surface area contributed by atoms with Crippen molar-refractivity contribution in [1.29, 1.82) is 0 Å². The minimum atomic E-state index is 0.756. The Kier molecular flexibility index (Phi) is 2.57. The number of hydrogen-bond donors (Lipinski definition) is 1. The highest BCUT2D eigenvalue weighted by atomic mass is 35.5. The summed E-state index contributed by atoms with van der Waals surface area (Å²) < 4.78 is 0. The highest BCUT2D eigenvalue weighted by Crippen LogP contribution is 2.15. The summed E-state index contributed by atoms with van der Waals surface area (Å²) in [6.07, 6.45) is 0.777. The number of imidazole rings is 1. The molecular weight excluding hydrogens is 232 g/mol. The van der Waals surface area contributed by atoms with Gasteiger partial charge in [0.25, 0.3) is 0 Å². The lowest BCUT2D eigenvalue weighted by Crippen LogP contribution is -1.89. The van der Waals surface area contributed by atoms with E-state index in [-0.39, 0.29) is 0 Å². The number of aromatic nitrogens is 2. The molecule has 0 amide bonds. The SMILES string of the molecule is Clc1ccc(Cc2nc3ccc[c]c3[nH]2)cc1. The van der Waals surface area contributed by atoms with Crippen LogP contribution in [0.1, 0.15) is 11.4 Å². The molecule has 2 aromatic carbocycles. The standard InChI is InChI=1S/C14H10ClN2/c15-11-7-5-10(6-8-11)9-14-16-12-3-1-2-4-13(12)17-14/h1-3,5-8H,9H2,(H,16,17). The maximum Gasteiger partial charge on any atom is 0.111 e. The molecule has 2 nitrogen and oxygen atoms in total. The van der Waals surface area contributed by atoms with Crippen molar-refractivity contribution in [3.8, 4) is 0 Å². The lowest BCUT2D eigenvalue weighted by molar-refractivity contribution is 1.04. The maximum absolute atomic E-state index is 5.85. The highest BCUT2D eigenvalue weighted by Gasteiger charge is 2.03. The summed E-state index contributed by atoms with van der Waals surface area (Å²) in [5, 5.41) is 0.756. The van der Waals surface area contributed by atoms with Gasteiger partial charge < -0.3 is 4.98 Å². The van der Waals surface area contributed by atoms with Gasteiger partial charge in [0.1, 0.15) is 5.82 Å². The molecule has 1 aromatic heterocycles. The summed E-state index contributed by atoms with van der Waals surface area (Å²) in [5.41, 5.74) is 3.10. The average molecular weight is 242 g/mol. The molecule has 3 aromatic rings. The van der Waals surface area contributed by atoms with Crippen LogP contribution in [-0.2, 0) is 6.42 Å². The van der Waals surface area contributed by atoms with Crippen molar-refractivity contribution in [3.63, 3.8) is 0 Å². The number of halogens is 1. The lowest BCUT2D eigenvalue weighted by atomic mass is 10.1. The van der Waals surface area contributed by atoms with Crippen LogP contribution in [0.3, 0.4) is 0 Å². The Morgan fingerprint density at radius 3 is 2.76 bits per heavy atom. The lowest BCUT2D eigenvalue weighted by Gasteiger charge is -1.97. The zero-order chi connectivity index (χ0) is 11.7. The molecule has 0 aliphatic carbocycles. The van der Waals surface area contributed by atoms with Gasteiger partial charge in [0.2, 0.25) is 0 Å². The molecule has 1 heterocycles. The topological polar surface area (TPSA) is 28.7 Å². The van der Waals surface area contributed by atoms with E-state index in [0.29, 0.717) is 0 Å². The van der Waals surface area contributed by atoms with Gasteiger partial charge in [0, 0.05) is 17.5 Å². The molecule has 17 heavy (non-hydrogen) atoms. The van der Waals surface area contributed by atoms with Gasteiger partial charge in [0.15, 0.2) is 0 Å². The van der Waals surface area contributed by atoms with Gasteiger partial charge in [0.05, 0.1) is 11.0 Å². The molecule has 1 N–H and O–H groups in total. The first-order valence-corrected chi connectivity index (χ1v) is 5.79. The molecule has 3 rings (SSSR count). The fourth-order valence-corrected chi connectivity index (χ4v) is 1.94. The van der Waals surface area contributed by atoms with Crippen molar-refractivity contribution in [1.82, 2.24) is 9.97 Å². The third-order valence-electron chi connectivity index (χ3n) is 2.64. The molecule has 0 atom stereocenters. The molecule has 1 radical (unpaired) electrons. The first kappa shape index (κ1) is 10.4. The van der Waals surface area contributed by atoms with Gasteiger partial charge in [-0.15, -0.1) is 0 Å². The van der Waals surface area contributed by atoms with Crippen molar-refractivity contribution in [2.45, 2.75) is 6.42 Å². The van der Waals surface area contributed by atoms with Gasteiger partial charge in [-0.1, -0.05) is 35.9 Å². The molecule has 0 saturated heterocycles. The monoisotopic (exact) mass is 241 g/mol. The summed E-state index contributed by atoms with van der Waals surface area (Å²) in [4.78, 5) is 7.77. The van der Waals surface area contributed by atoms with Crippen molar-refractivity contribution >= 4 is 22.6 Å². The Balaban J connectivity index is 1.92. The van der Waals surface area contributed by atoms with E-state index < -0.39 is 0 Å². The first-order valence-electron chi connectivity index (χ1n) is 5.41. The zero-order valence-corrected chi connectivity index (χ0v) is 9.83. The number of fused-ring (bicyclic) bond motifs is 1. The molecule has 0 fully saturated rings. The van der Waals surface area contributed by atoms with Gasteiger partial charge in [-0.05, 0) is 23.8 Å². The van der Waals surface area contributed by atoms with E-state index in [0.717, 1.165) is 28.3 Å². The summed E-state index contributed by atoms with van der Waals surface area (Å²) in [6.45, 7) is 0. The van der Waals surface area contributed by atoms with Crippen molar-refractivity contribution in [3.05, 3.63) is 64.9 Å². The summed E-state index contributed by atoms with van der Waals surface area (Å²) in [5.74, 6) is 0.949. The Bertz CT molecular complexity index is 608. The van der Waals surface area contributed by atoms with E-state index in [1.807, 2.05) is 42.5 Å². The highest BCUT2D eigenvalue weighted by molar-refractivity contribution is 6.30. The van der Waals surface area contributed by atoms with Gasteiger partial charge in [-0.25, -0.2) is 4.98 Å². The van der Waals surface area contributed by atoms with Crippen LogP contribution in [0.2, 0.25) is 5.02 Å². The van der Waals surface area contributed by atoms with Crippen LogP contribution < -0.4 is 0 Å². The molecule has 83 valence electrons. The molecule has 0 aliphatic heterocycles. The van der Waals surface area contributed by atoms with Gasteiger partial charge in [-0.3, -0.25) is 0 Å². The van der Waals surface area contributed by atoms with Crippen molar-refractivity contribution in [2.24, 2.45) is 0 Å². The molecular formula is C14H10ClN2. The van der Waals surface area contributed by atoms with E-state index in [2.05, 4.69) is 16.0 Å². The number of H-pyrrole nitrogens is 1. The van der Waals surface area contributed by atoms with Crippen LogP contribution in [-0.4, -0.2) is 9.97 Å². The van der Waals surface area contributed by atoms with Gasteiger partial charge in [-0.2, -0.15) is 0 Å². The smallest absolute Gasteiger partial charge is 0.111 e. The van der Waals surface area contributed by atoms with Crippen LogP contribution in [0.25, 0.3) is 11.0 Å². The fraction of sp³-hybridized carbons (Fsp3) is 0.0714. The largest absolute Gasteiger partial charge is 0.341 e. The Hall–Kier alpha value is -1.80. The van der Waals surface area contributed by atoms with Crippen molar-refractivity contribution < 1.29 is 0 Å². The quantitative estimate of drug-likeness (QED) is 0.730. The average Bonchev–Trinajstić information content (AvgIpc) is 2.74. The second-order valence-corrected chi connectivity index (χ2v) is 4.35. The predicted octanol–water partition coefficient (Wildman–Crippen LogP) is 3.61. The van der Waals surface area contributed by atoms with E-state index >= 15 is 0 Å². The van der Waals surface area contributed by atoms with Gasteiger partial charge >= 0.3 is 0 Å². The third-order valence-corrected chi connectivity index (χ3v) is 2.90. The second-order valence-electron chi connectivity index (χ2n) is 3.92. The van der Waals surface area contributed by atoms with Crippen LogP contribution in [0.15, 0.2) is 42.5 Å². The maximum atomic E-state index is 5.85. The van der Waals surface area contributed by atoms with E-state index in [1.54, 1.807) is 0 Å². The Morgan fingerprint density at radius 2 is 2.00 bits per heavy atom. The molecule has 0 aliphatic rings. The van der Waals surface area contributed by atoms with Crippen LogP contribution in [0.5, 0.6) is 0 Å². The Morgan fingerprint density at radius 1 is 1.18 bits per heavy atom. The summed E-state index contributed by atoms with van der Waals surface area (Å²) >= 11 is 5.85. The predicted molar refractivity (Wildman–Crippen MR) is 69.2 cm³/mol. The van der Waals surface area contributed by atoms with Crippen LogP contribution in [0.4, 0.5) is 0 Å².